The minimum Gasteiger partial charge on any atom is -0.393 e. The van der Waals surface area contributed by atoms with Gasteiger partial charge in [-0.3, -0.25) is 0 Å². The quantitative estimate of drug-likeness (QED) is 0.618. The molecule has 0 spiro atoms. The Hall–Kier alpha value is -0.690. The van der Waals surface area contributed by atoms with Gasteiger partial charge in [0.05, 0.1) is 9.88 Å². The maximum atomic E-state index is 11.8. The molecule has 0 bridgehead atoms. The second-order valence-corrected chi connectivity index (χ2v) is 6.15. The van der Waals surface area contributed by atoms with Crippen LogP contribution in [0, 0.1) is 0 Å². The van der Waals surface area contributed by atoms with Gasteiger partial charge in [-0.15, -0.1) is 0 Å². The van der Waals surface area contributed by atoms with E-state index in [1.165, 1.54) is 12.1 Å². The molecule has 0 heterocycles. The lowest BCUT2D eigenvalue weighted by Crippen LogP contribution is -2.25. The van der Waals surface area contributed by atoms with Crippen molar-refractivity contribution >= 4 is 38.8 Å². The van der Waals surface area contributed by atoms with E-state index in [0.29, 0.717) is 29.4 Å². The molecule has 3 N–H and O–H groups in total. The number of rotatable bonds is 6. The molecule has 1 rings (SSSR count). The average Bonchev–Trinajstić information content (AvgIpc) is 2.24. The summed E-state index contributed by atoms with van der Waals surface area (Å²) in [7, 11) is -3.50. The fourth-order valence-electron chi connectivity index (χ4n) is 1.19. The molecular formula is C10H13ClN2O2S2. The lowest BCUT2D eigenvalue weighted by molar-refractivity contribution is 0.580. The molecule has 1 aromatic rings. The van der Waals surface area contributed by atoms with Gasteiger partial charge in [-0.1, -0.05) is 29.9 Å². The summed E-state index contributed by atoms with van der Waals surface area (Å²) in [6, 6.07) is 6.10. The molecule has 0 atom stereocenters. The molecule has 0 radical (unpaired) electrons. The lowest BCUT2D eigenvalue weighted by Gasteiger charge is -2.06. The number of nitrogens with one attached hydrogen (secondary N) is 1. The minimum absolute atomic E-state index is 0.153. The van der Waals surface area contributed by atoms with Crippen molar-refractivity contribution in [3.63, 3.8) is 0 Å². The summed E-state index contributed by atoms with van der Waals surface area (Å²) in [5, 5.41) is 0.385. The average molecular weight is 293 g/mol. The van der Waals surface area contributed by atoms with Gasteiger partial charge in [0.15, 0.2) is 0 Å². The van der Waals surface area contributed by atoms with Gasteiger partial charge in [-0.25, -0.2) is 13.1 Å². The Balaban J connectivity index is 2.60. The van der Waals surface area contributed by atoms with Gasteiger partial charge >= 0.3 is 0 Å². The highest BCUT2D eigenvalue weighted by Crippen LogP contribution is 2.15. The molecule has 7 heteroatoms. The molecule has 0 aliphatic carbocycles. The van der Waals surface area contributed by atoms with Crippen molar-refractivity contribution in [3.05, 3.63) is 29.3 Å². The van der Waals surface area contributed by atoms with Crippen LogP contribution < -0.4 is 10.5 Å². The number of nitrogens with two attached hydrogens (primary N) is 1. The van der Waals surface area contributed by atoms with Crippen molar-refractivity contribution in [2.24, 2.45) is 5.73 Å². The molecule has 0 fully saturated rings. The van der Waals surface area contributed by atoms with Crippen LogP contribution in [0.4, 0.5) is 0 Å². The number of thiocarbonyl (C=S) groups is 1. The summed E-state index contributed by atoms with van der Waals surface area (Å²) in [5.74, 6) is 0. The smallest absolute Gasteiger partial charge is 0.240 e. The zero-order chi connectivity index (χ0) is 12.9. The topological polar surface area (TPSA) is 72.2 Å². The third-order valence-electron chi connectivity index (χ3n) is 2.00. The lowest BCUT2D eigenvalue weighted by atomic mass is 10.3. The predicted molar refractivity (Wildman–Crippen MR) is 72.7 cm³/mol. The van der Waals surface area contributed by atoms with E-state index in [-0.39, 0.29) is 4.90 Å². The van der Waals surface area contributed by atoms with Crippen LogP contribution in [0.5, 0.6) is 0 Å². The van der Waals surface area contributed by atoms with E-state index in [4.69, 9.17) is 29.6 Å². The monoisotopic (exact) mass is 292 g/mol. The molecule has 0 aliphatic heterocycles. The fraction of sp³-hybridized carbons (Fsp3) is 0.300. The molecule has 0 aromatic heterocycles. The van der Waals surface area contributed by atoms with Crippen LogP contribution in [-0.2, 0) is 10.0 Å². The Labute approximate surface area is 111 Å². The van der Waals surface area contributed by atoms with Gasteiger partial charge in [0, 0.05) is 11.6 Å². The fourth-order valence-corrected chi connectivity index (χ4v) is 2.71. The standard InChI is InChI=1S/C10H13ClN2O2S2/c11-8-3-1-4-9(7-8)17(14,15)13-6-2-5-10(12)16/h1,3-4,7,13H,2,5-6H2,(H2,12,16). The van der Waals surface area contributed by atoms with Crippen molar-refractivity contribution in [2.75, 3.05) is 6.54 Å². The molecule has 17 heavy (non-hydrogen) atoms. The number of hydrogen-bond acceptors (Lipinski definition) is 3. The zero-order valence-corrected chi connectivity index (χ0v) is 11.4. The molecule has 0 amide bonds. The first-order valence-corrected chi connectivity index (χ1v) is 7.22. The molecule has 0 saturated carbocycles. The first-order valence-electron chi connectivity index (χ1n) is 4.95. The first-order chi connectivity index (χ1) is 7.92. The van der Waals surface area contributed by atoms with Crippen molar-refractivity contribution in [2.45, 2.75) is 17.7 Å². The van der Waals surface area contributed by atoms with E-state index in [1.54, 1.807) is 12.1 Å². The summed E-state index contributed by atoms with van der Waals surface area (Å²) in [4.78, 5) is 0.535. The van der Waals surface area contributed by atoms with E-state index in [1.807, 2.05) is 0 Å². The Bertz CT molecular complexity index is 503. The number of hydrogen-bond donors (Lipinski definition) is 2. The van der Waals surface area contributed by atoms with Crippen LogP contribution in [0.15, 0.2) is 29.2 Å². The van der Waals surface area contributed by atoms with Crippen molar-refractivity contribution < 1.29 is 8.42 Å². The van der Waals surface area contributed by atoms with Crippen LogP contribution in [0.1, 0.15) is 12.8 Å². The van der Waals surface area contributed by atoms with Gasteiger partial charge in [0.25, 0.3) is 0 Å². The largest absolute Gasteiger partial charge is 0.393 e. The molecule has 1 aromatic carbocycles. The van der Waals surface area contributed by atoms with E-state index in [2.05, 4.69) is 4.72 Å². The van der Waals surface area contributed by atoms with Crippen LogP contribution in [-0.4, -0.2) is 20.0 Å². The van der Waals surface area contributed by atoms with Crippen LogP contribution in [0.3, 0.4) is 0 Å². The molecular weight excluding hydrogens is 280 g/mol. The summed E-state index contributed by atoms with van der Waals surface area (Å²) in [5.41, 5.74) is 5.31. The normalized spacial score (nSPS) is 11.4. The van der Waals surface area contributed by atoms with Gasteiger partial charge in [0.2, 0.25) is 10.0 Å². The van der Waals surface area contributed by atoms with Crippen molar-refractivity contribution in [3.8, 4) is 0 Å². The second-order valence-electron chi connectivity index (χ2n) is 3.43. The highest BCUT2D eigenvalue weighted by molar-refractivity contribution is 7.89. The van der Waals surface area contributed by atoms with Gasteiger partial charge < -0.3 is 5.73 Å². The zero-order valence-electron chi connectivity index (χ0n) is 9.02. The second kappa shape index (κ2) is 6.30. The van der Waals surface area contributed by atoms with E-state index < -0.39 is 10.0 Å². The molecule has 94 valence electrons. The maximum Gasteiger partial charge on any atom is 0.240 e. The highest BCUT2D eigenvalue weighted by Gasteiger charge is 2.13. The maximum absolute atomic E-state index is 11.8. The third kappa shape index (κ3) is 4.99. The van der Waals surface area contributed by atoms with Crippen LogP contribution >= 0.6 is 23.8 Å². The van der Waals surface area contributed by atoms with Gasteiger partial charge in [-0.05, 0) is 31.0 Å². The van der Waals surface area contributed by atoms with Crippen molar-refractivity contribution in [1.82, 2.24) is 4.72 Å². The SMILES string of the molecule is NC(=S)CCCNS(=O)(=O)c1cccc(Cl)c1. The molecule has 0 saturated heterocycles. The molecule has 4 nitrogen and oxygen atoms in total. The van der Waals surface area contributed by atoms with E-state index >= 15 is 0 Å². The minimum atomic E-state index is -3.50. The number of halogens is 1. The number of sulfonamides is 1. The molecule has 0 unspecified atom stereocenters. The summed E-state index contributed by atoms with van der Waals surface area (Å²) < 4.78 is 26.0. The van der Waals surface area contributed by atoms with Gasteiger partial charge in [0.1, 0.15) is 0 Å². The highest BCUT2D eigenvalue weighted by atomic mass is 35.5. The summed E-state index contributed by atoms with van der Waals surface area (Å²) >= 11 is 10.4. The summed E-state index contributed by atoms with van der Waals surface area (Å²) in [6.07, 6.45) is 1.10. The van der Waals surface area contributed by atoms with Crippen molar-refractivity contribution in [1.29, 1.82) is 0 Å². The van der Waals surface area contributed by atoms with E-state index in [0.717, 1.165) is 0 Å². The predicted octanol–water partition coefficient (Wildman–Crippen LogP) is 1.68. The Morgan fingerprint density at radius 2 is 2.18 bits per heavy atom. The van der Waals surface area contributed by atoms with Crippen LogP contribution in [0.25, 0.3) is 0 Å². The Morgan fingerprint density at radius 1 is 1.47 bits per heavy atom. The Morgan fingerprint density at radius 3 is 2.76 bits per heavy atom. The first kappa shape index (κ1) is 14.4. The van der Waals surface area contributed by atoms with E-state index in [9.17, 15) is 8.42 Å². The Kier molecular flexibility index (Phi) is 5.32. The van der Waals surface area contributed by atoms with Gasteiger partial charge in [-0.2, -0.15) is 0 Å². The molecule has 0 aliphatic rings. The van der Waals surface area contributed by atoms with Crippen LogP contribution in [0.2, 0.25) is 5.02 Å². The summed E-state index contributed by atoms with van der Waals surface area (Å²) in [6.45, 7) is 0.298. The third-order valence-corrected chi connectivity index (χ3v) is 3.90. The number of benzene rings is 1.